The van der Waals surface area contributed by atoms with Crippen LogP contribution in [0.4, 0.5) is 0 Å². The third kappa shape index (κ3) is 4.16. The number of rotatable bonds is 5. The summed E-state index contributed by atoms with van der Waals surface area (Å²) in [6, 6.07) is 3.05. The van der Waals surface area contributed by atoms with Crippen molar-refractivity contribution >= 4 is 48.7 Å². The fourth-order valence-corrected chi connectivity index (χ4v) is 2.15. The average Bonchev–Trinajstić information content (AvgIpc) is 2.35. The molecule has 18 heavy (non-hydrogen) atoms. The van der Waals surface area contributed by atoms with Gasteiger partial charge in [-0.25, -0.2) is 4.57 Å². The molecular weight excluding hydrogens is 321 g/mol. The molecule has 0 saturated carbocycles. The van der Waals surface area contributed by atoms with Gasteiger partial charge in [0.25, 0.3) is 0 Å². The molecule has 4 nitrogen and oxygen atoms in total. The SMILES string of the molecule is COP(=O)(OC)OC=Cc1cc(Cl)c(Cl)cc1Cl. The molecule has 1 aromatic rings. The molecule has 0 atom stereocenters. The number of phosphoric ester groups is 1. The average molecular weight is 332 g/mol. The fraction of sp³-hybridized carbons (Fsp3) is 0.200. The normalized spacial score (nSPS) is 12.1. The van der Waals surface area contributed by atoms with Gasteiger partial charge in [-0.1, -0.05) is 34.8 Å². The van der Waals surface area contributed by atoms with Gasteiger partial charge in [-0.15, -0.1) is 0 Å². The van der Waals surface area contributed by atoms with Crippen LogP contribution in [0.5, 0.6) is 0 Å². The summed E-state index contributed by atoms with van der Waals surface area (Å²) in [7, 11) is -1.12. The summed E-state index contributed by atoms with van der Waals surface area (Å²) in [5.41, 5.74) is 0.560. The number of hydrogen-bond donors (Lipinski definition) is 0. The maximum absolute atomic E-state index is 11.5. The minimum atomic E-state index is -3.54. The zero-order valence-electron chi connectivity index (χ0n) is 9.52. The number of phosphoric acid groups is 1. The summed E-state index contributed by atoms with van der Waals surface area (Å²) in [6.45, 7) is 0. The first-order chi connectivity index (χ1) is 8.41. The Morgan fingerprint density at radius 3 is 2.17 bits per heavy atom. The minimum Gasteiger partial charge on any atom is -0.412 e. The monoisotopic (exact) mass is 330 g/mol. The predicted molar refractivity (Wildman–Crippen MR) is 73.2 cm³/mol. The van der Waals surface area contributed by atoms with Gasteiger partial charge >= 0.3 is 7.82 Å². The molecule has 0 aliphatic carbocycles. The molecule has 0 heterocycles. The molecule has 0 fully saturated rings. The molecule has 0 aliphatic rings. The first-order valence-electron chi connectivity index (χ1n) is 4.63. The van der Waals surface area contributed by atoms with Gasteiger partial charge in [0.1, 0.15) is 0 Å². The third-order valence-electron chi connectivity index (χ3n) is 1.92. The molecule has 8 heteroatoms. The zero-order chi connectivity index (χ0) is 13.8. The molecule has 1 aromatic carbocycles. The second kappa shape index (κ2) is 6.80. The lowest BCUT2D eigenvalue weighted by Gasteiger charge is -2.10. The molecule has 0 aliphatic heterocycles. The highest BCUT2D eigenvalue weighted by Crippen LogP contribution is 2.47. The molecule has 0 N–H and O–H groups in total. The van der Waals surface area contributed by atoms with Crippen LogP contribution in [0.25, 0.3) is 6.08 Å². The van der Waals surface area contributed by atoms with Crippen LogP contribution in [0.15, 0.2) is 18.4 Å². The lowest BCUT2D eigenvalue weighted by Crippen LogP contribution is -1.89. The molecular formula is C10H10Cl3O4P. The summed E-state index contributed by atoms with van der Waals surface area (Å²) >= 11 is 17.6. The van der Waals surface area contributed by atoms with E-state index in [9.17, 15) is 4.57 Å². The van der Waals surface area contributed by atoms with E-state index in [1.807, 2.05) is 0 Å². The fourth-order valence-electron chi connectivity index (χ4n) is 1.00. The van der Waals surface area contributed by atoms with E-state index in [-0.39, 0.29) is 0 Å². The van der Waals surface area contributed by atoms with Gasteiger partial charge in [-0.05, 0) is 23.8 Å². The van der Waals surface area contributed by atoms with Crippen molar-refractivity contribution in [1.82, 2.24) is 0 Å². The van der Waals surface area contributed by atoms with Crippen molar-refractivity contribution < 1.29 is 18.1 Å². The van der Waals surface area contributed by atoms with Crippen LogP contribution < -0.4 is 0 Å². The summed E-state index contributed by atoms with van der Waals surface area (Å²) in [6.07, 6.45) is 2.62. The molecule has 100 valence electrons. The van der Waals surface area contributed by atoms with Gasteiger partial charge in [-0.2, -0.15) is 0 Å². The first-order valence-corrected chi connectivity index (χ1v) is 7.22. The van der Waals surface area contributed by atoms with Crippen molar-refractivity contribution in [2.45, 2.75) is 0 Å². The molecule has 0 aromatic heterocycles. The molecule has 0 amide bonds. The van der Waals surface area contributed by atoms with E-state index in [1.54, 1.807) is 6.07 Å². The summed E-state index contributed by atoms with van der Waals surface area (Å²) in [4.78, 5) is 0. The van der Waals surface area contributed by atoms with E-state index in [1.165, 1.54) is 26.4 Å². The van der Waals surface area contributed by atoms with Crippen molar-refractivity contribution in [2.75, 3.05) is 14.2 Å². The molecule has 0 spiro atoms. The van der Waals surface area contributed by atoms with E-state index in [0.29, 0.717) is 20.6 Å². The largest absolute Gasteiger partial charge is 0.528 e. The number of halogens is 3. The van der Waals surface area contributed by atoms with Crippen molar-refractivity contribution in [1.29, 1.82) is 0 Å². The van der Waals surface area contributed by atoms with Gasteiger partial charge in [0.2, 0.25) is 0 Å². The third-order valence-corrected chi connectivity index (χ3v) is 4.25. The maximum atomic E-state index is 11.5. The van der Waals surface area contributed by atoms with Crippen LogP contribution in [-0.2, 0) is 18.1 Å². The second-order valence-electron chi connectivity index (χ2n) is 3.01. The summed E-state index contributed by atoms with van der Waals surface area (Å²) in [5.74, 6) is 0. The van der Waals surface area contributed by atoms with E-state index in [0.717, 1.165) is 6.26 Å². The topological polar surface area (TPSA) is 44.8 Å². The Kier molecular flexibility index (Phi) is 5.99. The Balaban J connectivity index is 2.86. The van der Waals surface area contributed by atoms with Gasteiger partial charge in [0.05, 0.1) is 16.3 Å². The maximum Gasteiger partial charge on any atom is 0.528 e. The van der Waals surface area contributed by atoms with E-state index >= 15 is 0 Å². The lowest BCUT2D eigenvalue weighted by atomic mass is 10.2. The number of benzene rings is 1. The van der Waals surface area contributed by atoms with Crippen molar-refractivity contribution in [3.8, 4) is 0 Å². The molecule has 0 saturated heterocycles. The standard InChI is InChI=1S/C10H10Cl3O4P/c1-15-18(14,16-2)17-4-3-7-5-9(12)10(13)6-8(7)11/h3-6H,1-2H3. The van der Waals surface area contributed by atoms with Crippen molar-refractivity contribution in [3.05, 3.63) is 39.0 Å². The molecule has 1 rings (SSSR count). The van der Waals surface area contributed by atoms with Gasteiger partial charge < -0.3 is 4.52 Å². The zero-order valence-corrected chi connectivity index (χ0v) is 12.7. The van der Waals surface area contributed by atoms with Crippen LogP contribution in [0.3, 0.4) is 0 Å². The Hall–Kier alpha value is -0.220. The highest BCUT2D eigenvalue weighted by molar-refractivity contribution is 7.48. The van der Waals surface area contributed by atoms with E-state index in [4.69, 9.17) is 39.3 Å². The van der Waals surface area contributed by atoms with E-state index < -0.39 is 7.82 Å². The van der Waals surface area contributed by atoms with Crippen LogP contribution in [0.1, 0.15) is 5.56 Å². The highest BCUT2D eigenvalue weighted by atomic mass is 35.5. The predicted octanol–water partition coefficient (Wildman–Crippen LogP) is 5.04. The number of hydrogen-bond acceptors (Lipinski definition) is 4. The first kappa shape index (κ1) is 15.8. The molecule has 0 radical (unpaired) electrons. The van der Waals surface area contributed by atoms with Crippen LogP contribution in [0, 0.1) is 0 Å². The Bertz CT molecular complexity index is 496. The smallest absolute Gasteiger partial charge is 0.412 e. The molecule has 0 bridgehead atoms. The summed E-state index contributed by atoms with van der Waals surface area (Å²) < 4.78 is 25.6. The van der Waals surface area contributed by atoms with Crippen LogP contribution >= 0.6 is 42.6 Å². The van der Waals surface area contributed by atoms with Gasteiger partial charge in [0, 0.05) is 19.2 Å². The Morgan fingerprint density at radius 2 is 1.61 bits per heavy atom. The Morgan fingerprint density at radius 1 is 1.06 bits per heavy atom. The van der Waals surface area contributed by atoms with Crippen molar-refractivity contribution in [2.24, 2.45) is 0 Å². The van der Waals surface area contributed by atoms with Gasteiger partial charge in [-0.3, -0.25) is 9.05 Å². The van der Waals surface area contributed by atoms with Crippen LogP contribution in [0.2, 0.25) is 15.1 Å². The highest BCUT2D eigenvalue weighted by Gasteiger charge is 2.21. The second-order valence-corrected chi connectivity index (χ2v) is 6.07. The van der Waals surface area contributed by atoms with Gasteiger partial charge in [0.15, 0.2) is 0 Å². The molecule has 0 unspecified atom stereocenters. The van der Waals surface area contributed by atoms with Crippen molar-refractivity contribution in [3.63, 3.8) is 0 Å². The quantitative estimate of drug-likeness (QED) is 0.431. The summed E-state index contributed by atoms with van der Waals surface area (Å²) in [5, 5.41) is 1.08. The minimum absolute atomic E-state index is 0.346. The van der Waals surface area contributed by atoms with Crippen LogP contribution in [-0.4, -0.2) is 14.2 Å². The lowest BCUT2D eigenvalue weighted by molar-refractivity contribution is 0.194. The van der Waals surface area contributed by atoms with E-state index in [2.05, 4.69) is 9.05 Å². The Labute approximate surface area is 120 Å².